The van der Waals surface area contributed by atoms with Crippen molar-refractivity contribution in [2.75, 3.05) is 6.54 Å². The van der Waals surface area contributed by atoms with E-state index < -0.39 is 0 Å². The summed E-state index contributed by atoms with van der Waals surface area (Å²) in [6, 6.07) is 15.6. The van der Waals surface area contributed by atoms with E-state index in [4.69, 9.17) is 0 Å². The summed E-state index contributed by atoms with van der Waals surface area (Å²) < 4.78 is 0. The van der Waals surface area contributed by atoms with Crippen LogP contribution in [0.15, 0.2) is 48.5 Å². The van der Waals surface area contributed by atoms with Crippen LogP contribution in [-0.2, 0) is 0 Å². The third kappa shape index (κ3) is 2.23. The molecule has 0 atom stereocenters. The van der Waals surface area contributed by atoms with Crippen LogP contribution >= 0.6 is 0 Å². The Bertz CT molecular complexity index is 462. The number of quaternary nitrogens is 1. The van der Waals surface area contributed by atoms with Crippen LogP contribution in [0, 0.1) is 0 Å². The number of phenols is 1. The highest BCUT2D eigenvalue weighted by molar-refractivity contribution is 5.73. The van der Waals surface area contributed by atoms with E-state index in [-0.39, 0.29) is 0 Å². The molecule has 0 unspecified atom stereocenters. The lowest BCUT2D eigenvalue weighted by Crippen LogP contribution is -2.77. The van der Waals surface area contributed by atoms with Gasteiger partial charge in [0.25, 0.3) is 0 Å². The Balaban J connectivity index is 2.42. The molecular weight excluding hydrogens is 198 g/mol. The van der Waals surface area contributed by atoms with E-state index >= 15 is 0 Å². The van der Waals surface area contributed by atoms with Crippen molar-refractivity contribution in [2.45, 2.75) is 6.92 Å². The fourth-order valence-electron chi connectivity index (χ4n) is 1.80. The Kier molecular flexibility index (Phi) is 3.22. The fraction of sp³-hybridized carbons (Fsp3) is 0.143. The van der Waals surface area contributed by atoms with E-state index in [9.17, 15) is 5.11 Å². The lowest BCUT2D eigenvalue weighted by atomic mass is 10.0. The molecule has 0 aliphatic carbocycles. The number of aromatic hydroxyl groups is 1. The van der Waals surface area contributed by atoms with Crippen molar-refractivity contribution < 1.29 is 10.4 Å². The monoisotopic (exact) mass is 214 g/mol. The smallest absolute Gasteiger partial charge is 0.137 e. The average molecular weight is 214 g/mol. The minimum Gasteiger partial charge on any atom is -0.508 e. The van der Waals surface area contributed by atoms with Crippen molar-refractivity contribution >= 4 is 5.69 Å². The Labute approximate surface area is 95.6 Å². The zero-order chi connectivity index (χ0) is 11.4. The second kappa shape index (κ2) is 4.81. The molecule has 0 saturated carbocycles. The number of rotatable bonds is 3. The summed E-state index contributed by atoms with van der Waals surface area (Å²) in [5, 5.41) is 11.5. The van der Waals surface area contributed by atoms with Gasteiger partial charge < -0.3 is 10.4 Å². The van der Waals surface area contributed by atoms with Gasteiger partial charge in [0.05, 0.1) is 6.54 Å². The lowest BCUT2D eigenvalue weighted by Gasteiger charge is -2.06. The number of hydrogen-bond acceptors (Lipinski definition) is 1. The summed E-state index contributed by atoms with van der Waals surface area (Å²) in [6.07, 6.45) is 0. The van der Waals surface area contributed by atoms with Crippen LogP contribution in [0.3, 0.4) is 0 Å². The minimum absolute atomic E-state index is 0.306. The van der Waals surface area contributed by atoms with Crippen LogP contribution < -0.4 is 5.32 Å². The largest absolute Gasteiger partial charge is 0.508 e. The SMILES string of the molecule is CC[NH2+]c1ccccc1-c1ccc(O)cc1. The van der Waals surface area contributed by atoms with Crippen molar-refractivity contribution in [3.8, 4) is 16.9 Å². The number of para-hydroxylation sites is 1. The molecule has 0 radical (unpaired) electrons. The first-order valence-electron chi connectivity index (χ1n) is 5.53. The Hall–Kier alpha value is -1.80. The number of hydrogen-bond donors (Lipinski definition) is 2. The molecule has 2 nitrogen and oxygen atoms in total. The maximum atomic E-state index is 9.27. The van der Waals surface area contributed by atoms with Crippen LogP contribution in [0.4, 0.5) is 5.69 Å². The molecule has 2 rings (SSSR count). The Morgan fingerprint density at radius 3 is 2.38 bits per heavy atom. The molecule has 2 aromatic rings. The first-order valence-corrected chi connectivity index (χ1v) is 5.53. The van der Waals surface area contributed by atoms with Crippen molar-refractivity contribution in [1.29, 1.82) is 0 Å². The van der Waals surface area contributed by atoms with Crippen LogP contribution in [-0.4, -0.2) is 11.7 Å². The van der Waals surface area contributed by atoms with Gasteiger partial charge in [0.1, 0.15) is 11.4 Å². The van der Waals surface area contributed by atoms with Crippen molar-refractivity contribution in [3.63, 3.8) is 0 Å². The predicted molar refractivity (Wildman–Crippen MR) is 65.7 cm³/mol. The van der Waals surface area contributed by atoms with E-state index in [2.05, 4.69) is 24.4 Å². The third-order valence-corrected chi connectivity index (χ3v) is 2.56. The lowest BCUT2D eigenvalue weighted by molar-refractivity contribution is -0.567. The second-order valence-corrected chi connectivity index (χ2v) is 3.75. The van der Waals surface area contributed by atoms with Crippen molar-refractivity contribution in [3.05, 3.63) is 48.5 Å². The van der Waals surface area contributed by atoms with Crippen LogP contribution in [0.2, 0.25) is 0 Å². The summed E-state index contributed by atoms with van der Waals surface area (Å²) in [5.41, 5.74) is 3.60. The Morgan fingerprint density at radius 1 is 1.00 bits per heavy atom. The van der Waals surface area contributed by atoms with E-state index in [1.807, 2.05) is 24.3 Å². The molecule has 0 aliphatic rings. The summed E-state index contributed by atoms with van der Waals surface area (Å²) >= 11 is 0. The molecule has 0 heterocycles. The molecule has 16 heavy (non-hydrogen) atoms. The summed E-state index contributed by atoms with van der Waals surface area (Å²) in [7, 11) is 0. The molecule has 3 N–H and O–H groups in total. The van der Waals surface area contributed by atoms with Gasteiger partial charge in [0, 0.05) is 5.56 Å². The fourth-order valence-corrected chi connectivity index (χ4v) is 1.80. The first kappa shape index (κ1) is 10.7. The van der Waals surface area contributed by atoms with Gasteiger partial charge in [-0.2, -0.15) is 0 Å². The van der Waals surface area contributed by atoms with Crippen molar-refractivity contribution in [1.82, 2.24) is 0 Å². The molecule has 0 spiro atoms. The van der Waals surface area contributed by atoms with E-state index in [1.54, 1.807) is 12.1 Å². The zero-order valence-corrected chi connectivity index (χ0v) is 9.35. The summed E-state index contributed by atoms with van der Waals surface area (Å²) in [5.74, 6) is 0.306. The predicted octanol–water partition coefficient (Wildman–Crippen LogP) is 2.27. The van der Waals surface area contributed by atoms with Gasteiger partial charge in [-0.05, 0) is 36.8 Å². The molecule has 0 aliphatic heterocycles. The normalized spacial score (nSPS) is 10.3. The molecule has 0 aromatic heterocycles. The van der Waals surface area contributed by atoms with Crippen LogP contribution in [0.5, 0.6) is 5.75 Å². The molecule has 0 saturated heterocycles. The maximum Gasteiger partial charge on any atom is 0.137 e. The molecule has 82 valence electrons. The van der Waals surface area contributed by atoms with Gasteiger partial charge in [-0.1, -0.05) is 24.3 Å². The maximum absolute atomic E-state index is 9.27. The summed E-state index contributed by atoms with van der Waals surface area (Å²) in [6.45, 7) is 3.16. The highest BCUT2D eigenvalue weighted by atomic mass is 16.3. The molecule has 0 fully saturated rings. The van der Waals surface area contributed by atoms with Crippen LogP contribution in [0.1, 0.15) is 6.92 Å². The van der Waals surface area contributed by atoms with Crippen molar-refractivity contribution in [2.24, 2.45) is 0 Å². The molecule has 0 bridgehead atoms. The highest BCUT2D eigenvalue weighted by Gasteiger charge is 2.06. The molecule has 2 heteroatoms. The van der Waals surface area contributed by atoms with Gasteiger partial charge in [-0.3, -0.25) is 0 Å². The van der Waals surface area contributed by atoms with E-state index in [0.717, 1.165) is 12.1 Å². The van der Waals surface area contributed by atoms with Gasteiger partial charge in [-0.15, -0.1) is 0 Å². The van der Waals surface area contributed by atoms with Gasteiger partial charge >= 0.3 is 0 Å². The van der Waals surface area contributed by atoms with Crippen LogP contribution in [0.25, 0.3) is 11.1 Å². The Morgan fingerprint density at radius 2 is 1.69 bits per heavy atom. The highest BCUT2D eigenvalue weighted by Crippen LogP contribution is 2.26. The number of benzene rings is 2. The van der Waals surface area contributed by atoms with E-state index in [1.165, 1.54) is 11.3 Å². The van der Waals surface area contributed by atoms with E-state index in [0.29, 0.717) is 5.75 Å². The first-order chi connectivity index (χ1) is 7.81. The zero-order valence-electron chi connectivity index (χ0n) is 9.35. The quantitative estimate of drug-likeness (QED) is 0.756. The van der Waals surface area contributed by atoms with Gasteiger partial charge in [0.2, 0.25) is 0 Å². The molecular formula is C14H16NO+. The second-order valence-electron chi connectivity index (χ2n) is 3.75. The number of nitrogens with two attached hydrogens (primary N) is 1. The average Bonchev–Trinajstić information content (AvgIpc) is 2.32. The molecule has 2 aromatic carbocycles. The number of phenolic OH excluding ortho intramolecular Hbond substituents is 1. The minimum atomic E-state index is 0.306. The summed E-state index contributed by atoms with van der Waals surface area (Å²) in [4.78, 5) is 0. The third-order valence-electron chi connectivity index (χ3n) is 2.56. The van der Waals surface area contributed by atoms with Gasteiger partial charge in [-0.25, -0.2) is 0 Å². The van der Waals surface area contributed by atoms with Gasteiger partial charge in [0.15, 0.2) is 0 Å². The topological polar surface area (TPSA) is 36.8 Å². The molecule has 0 amide bonds. The standard InChI is InChI=1S/C14H15NO/c1-2-15-14-6-4-3-5-13(14)11-7-9-12(16)10-8-11/h3-10,15-16H,2H2,1H3/p+1.